The van der Waals surface area contributed by atoms with Crippen molar-refractivity contribution >= 4 is 73.1 Å². The smallest absolute Gasteiger partial charge is 0.271 e. The molecule has 10 heteroatoms. The third-order valence-corrected chi connectivity index (χ3v) is 6.19. The molecular weight excluding hydrogens is 484 g/mol. The maximum atomic E-state index is 12.0. The van der Waals surface area contributed by atoms with Gasteiger partial charge in [-0.2, -0.15) is 0 Å². The van der Waals surface area contributed by atoms with Gasteiger partial charge in [0.05, 0.1) is 4.34 Å². The second kappa shape index (κ2) is 7.35. The number of thiophene rings is 1. The highest BCUT2D eigenvalue weighted by molar-refractivity contribution is 14.1. The normalized spacial score (nSPS) is 11.2. The number of hydrogen-bond donors (Lipinski definition) is 1. The molecule has 2 aromatic rings. The molecule has 1 aromatic carbocycles. The standard InChI is InChI=1S/C12H8Cl2INO4S2/c13-10-5-9(12(14)21-10)22(18,19)16-11(17)6-20-8-3-1-7(15)2-4-8/h1-5H,6H2,(H,16,17). The van der Waals surface area contributed by atoms with Crippen LogP contribution in [0.5, 0.6) is 5.75 Å². The summed E-state index contributed by atoms with van der Waals surface area (Å²) in [5, 5.41) is 0. The largest absolute Gasteiger partial charge is 0.484 e. The molecule has 1 heterocycles. The molecule has 0 aliphatic rings. The Kier molecular flexibility index (Phi) is 5.94. The van der Waals surface area contributed by atoms with Crippen molar-refractivity contribution < 1.29 is 17.9 Å². The predicted molar refractivity (Wildman–Crippen MR) is 94.3 cm³/mol. The van der Waals surface area contributed by atoms with Crippen molar-refractivity contribution in [1.29, 1.82) is 0 Å². The van der Waals surface area contributed by atoms with Crippen LogP contribution in [0.4, 0.5) is 0 Å². The van der Waals surface area contributed by atoms with Crippen LogP contribution in [0, 0.1) is 3.57 Å². The Morgan fingerprint density at radius 1 is 1.27 bits per heavy atom. The number of amides is 1. The van der Waals surface area contributed by atoms with E-state index in [0.29, 0.717) is 5.75 Å². The molecule has 0 spiro atoms. The molecule has 1 N–H and O–H groups in total. The van der Waals surface area contributed by atoms with Crippen molar-refractivity contribution in [1.82, 2.24) is 4.72 Å². The molecule has 1 amide bonds. The molecule has 22 heavy (non-hydrogen) atoms. The average Bonchev–Trinajstić information content (AvgIpc) is 2.77. The zero-order valence-corrected chi connectivity index (χ0v) is 16.0. The number of ether oxygens (including phenoxy) is 1. The Bertz CT molecular complexity index is 790. The Balaban J connectivity index is 1.99. The minimum absolute atomic E-state index is 0.0103. The second-order valence-electron chi connectivity index (χ2n) is 3.96. The molecule has 0 unspecified atom stereocenters. The molecule has 0 aliphatic carbocycles. The van der Waals surface area contributed by atoms with Crippen LogP contribution in [-0.2, 0) is 14.8 Å². The maximum absolute atomic E-state index is 12.0. The van der Waals surface area contributed by atoms with Gasteiger partial charge >= 0.3 is 0 Å². The van der Waals surface area contributed by atoms with Gasteiger partial charge < -0.3 is 4.74 Å². The van der Waals surface area contributed by atoms with Crippen LogP contribution in [0.15, 0.2) is 35.2 Å². The molecule has 0 aliphatic heterocycles. The van der Waals surface area contributed by atoms with E-state index in [1.807, 2.05) is 4.72 Å². The van der Waals surface area contributed by atoms with Crippen molar-refractivity contribution in [3.8, 4) is 5.75 Å². The fraction of sp³-hybridized carbons (Fsp3) is 0.0833. The summed E-state index contributed by atoms with van der Waals surface area (Å²) in [5.74, 6) is -0.346. The van der Waals surface area contributed by atoms with Crippen LogP contribution in [0.3, 0.4) is 0 Å². The molecule has 5 nitrogen and oxygen atoms in total. The highest BCUT2D eigenvalue weighted by Crippen LogP contribution is 2.34. The van der Waals surface area contributed by atoms with Gasteiger partial charge in [-0.1, -0.05) is 23.2 Å². The minimum atomic E-state index is -4.07. The third kappa shape index (κ3) is 4.72. The molecule has 118 valence electrons. The minimum Gasteiger partial charge on any atom is -0.484 e. The van der Waals surface area contributed by atoms with Gasteiger partial charge in [0.25, 0.3) is 15.9 Å². The quantitative estimate of drug-likeness (QED) is 0.649. The van der Waals surface area contributed by atoms with E-state index >= 15 is 0 Å². The van der Waals surface area contributed by atoms with Gasteiger partial charge in [-0.05, 0) is 52.9 Å². The first-order valence-corrected chi connectivity index (χ1v) is 9.80. The summed E-state index contributed by atoms with van der Waals surface area (Å²) < 4.78 is 32.3. The van der Waals surface area contributed by atoms with Crippen molar-refractivity contribution in [3.05, 3.63) is 42.6 Å². The van der Waals surface area contributed by atoms with Crippen LogP contribution in [0.1, 0.15) is 0 Å². The summed E-state index contributed by atoms with van der Waals surface area (Å²) in [6.45, 7) is -0.435. The van der Waals surface area contributed by atoms with E-state index in [2.05, 4.69) is 22.6 Å². The molecule has 0 bridgehead atoms. The summed E-state index contributed by atoms with van der Waals surface area (Å²) in [6.07, 6.45) is 0. The van der Waals surface area contributed by atoms with Crippen molar-refractivity contribution in [2.24, 2.45) is 0 Å². The lowest BCUT2D eigenvalue weighted by molar-refractivity contribution is -0.121. The zero-order chi connectivity index (χ0) is 16.3. The Labute approximate surface area is 154 Å². The number of carbonyl (C=O) groups excluding carboxylic acids is 1. The molecule has 0 radical (unpaired) electrons. The van der Waals surface area contributed by atoms with Crippen LogP contribution in [0.2, 0.25) is 8.67 Å². The zero-order valence-electron chi connectivity index (χ0n) is 10.7. The van der Waals surface area contributed by atoms with E-state index in [0.717, 1.165) is 14.9 Å². The van der Waals surface area contributed by atoms with Crippen LogP contribution in [0.25, 0.3) is 0 Å². The van der Waals surface area contributed by atoms with Gasteiger partial charge in [-0.15, -0.1) is 11.3 Å². The van der Waals surface area contributed by atoms with Crippen LogP contribution < -0.4 is 9.46 Å². The maximum Gasteiger partial charge on any atom is 0.271 e. The molecule has 0 atom stereocenters. The summed E-state index contributed by atoms with van der Waals surface area (Å²) in [5.41, 5.74) is 0. The lowest BCUT2D eigenvalue weighted by Crippen LogP contribution is -2.34. The first-order chi connectivity index (χ1) is 10.3. The first kappa shape index (κ1) is 17.8. The van der Waals surface area contributed by atoms with Gasteiger partial charge in [0.1, 0.15) is 15.0 Å². The third-order valence-electron chi connectivity index (χ3n) is 2.35. The van der Waals surface area contributed by atoms with E-state index in [-0.39, 0.29) is 13.6 Å². The number of carbonyl (C=O) groups is 1. The van der Waals surface area contributed by atoms with Crippen LogP contribution in [-0.4, -0.2) is 20.9 Å². The Morgan fingerprint density at radius 3 is 2.45 bits per heavy atom. The SMILES string of the molecule is O=C(COc1ccc(I)cc1)NS(=O)(=O)c1cc(Cl)sc1Cl. The number of hydrogen-bond acceptors (Lipinski definition) is 5. The Morgan fingerprint density at radius 2 is 1.91 bits per heavy atom. The van der Waals surface area contributed by atoms with E-state index in [1.165, 1.54) is 6.07 Å². The molecular formula is C12H8Cl2INO4S2. The number of nitrogens with one attached hydrogen (secondary N) is 1. The number of halogens is 3. The van der Waals surface area contributed by atoms with Crippen molar-refractivity contribution in [2.45, 2.75) is 4.90 Å². The van der Waals surface area contributed by atoms with Crippen LogP contribution >= 0.6 is 57.1 Å². The number of benzene rings is 1. The highest BCUT2D eigenvalue weighted by Gasteiger charge is 2.23. The van der Waals surface area contributed by atoms with E-state index in [4.69, 9.17) is 27.9 Å². The van der Waals surface area contributed by atoms with Gasteiger partial charge in [0, 0.05) is 3.57 Å². The van der Waals surface area contributed by atoms with Crippen molar-refractivity contribution in [2.75, 3.05) is 6.61 Å². The van der Waals surface area contributed by atoms with E-state index < -0.39 is 22.5 Å². The molecule has 0 saturated carbocycles. The topological polar surface area (TPSA) is 72.5 Å². The summed E-state index contributed by atoms with van der Waals surface area (Å²) >= 11 is 14.5. The van der Waals surface area contributed by atoms with Gasteiger partial charge in [0.2, 0.25) is 0 Å². The van der Waals surface area contributed by atoms with E-state index in [1.54, 1.807) is 24.3 Å². The summed E-state index contributed by atoms with van der Waals surface area (Å²) in [7, 11) is -4.07. The lowest BCUT2D eigenvalue weighted by atomic mass is 10.3. The number of rotatable bonds is 5. The molecule has 1 aromatic heterocycles. The first-order valence-electron chi connectivity index (χ1n) is 5.67. The van der Waals surface area contributed by atoms with Crippen molar-refractivity contribution in [3.63, 3.8) is 0 Å². The fourth-order valence-corrected chi connectivity index (χ4v) is 4.90. The summed E-state index contributed by atoms with van der Waals surface area (Å²) in [6, 6.07) is 8.15. The molecule has 0 saturated heterocycles. The van der Waals surface area contributed by atoms with Gasteiger partial charge in [0.15, 0.2) is 6.61 Å². The van der Waals surface area contributed by atoms with Gasteiger partial charge in [-0.3, -0.25) is 4.79 Å². The highest BCUT2D eigenvalue weighted by atomic mass is 127. The average molecular weight is 492 g/mol. The molecule has 0 fully saturated rings. The lowest BCUT2D eigenvalue weighted by Gasteiger charge is -2.08. The Hall–Kier alpha value is -0.550. The molecule has 2 rings (SSSR count). The predicted octanol–water partition coefficient (Wildman–Crippen LogP) is 3.54. The summed E-state index contributed by atoms with van der Waals surface area (Å²) in [4.78, 5) is 11.5. The van der Waals surface area contributed by atoms with Gasteiger partial charge in [-0.25, -0.2) is 13.1 Å². The van der Waals surface area contributed by atoms with E-state index in [9.17, 15) is 13.2 Å². The second-order valence-corrected chi connectivity index (χ2v) is 9.14. The fourth-order valence-electron chi connectivity index (χ4n) is 1.42. The monoisotopic (exact) mass is 491 g/mol. The number of sulfonamides is 1.